The molecule has 3 aromatic rings. The SMILES string of the molecule is O=C(/C=C/CN1CCC1)Nc1cc2c(Nc3ccc(F)c(Cl)c3)ncnc2cc1OCC1COCCO1. The number of amides is 1. The van der Waals surface area contributed by atoms with Crippen molar-refractivity contribution in [1.29, 1.82) is 0 Å². The molecule has 5 rings (SSSR count). The first-order valence-electron chi connectivity index (χ1n) is 12.1. The van der Waals surface area contributed by atoms with Gasteiger partial charge in [0.2, 0.25) is 5.91 Å². The number of likely N-dealkylation sites (tertiary alicyclic amines) is 1. The molecule has 2 N–H and O–H groups in total. The third kappa shape index (κ3) is 6.53. The van der Waals surface area contributed by atoms with Gasteiger partial charge in [0.25, 0.3) is 0 Å². The van der Waals surface area contributed by atoms with Crippen LogP contribution in [0.1, 0.15) is 6.42 Å². The summed E-state index contributed by atoms with van der Waals surface area (Å²) in [4.78, 5) is 23.7. The molecule has 0 bridgehead atoms. The zero-order chi connectivity index (χ0) is 25.6. The van der Waals surface area contributed by atoms with Gasteiger partial charge in [0.15, 0.2) is 0 Å². The minimum absolute atomic E-state index is 0.00840. The maximum atomic E-state index is 13.6. The number of anilines is 3. The average molecular weight is 528 g/mol. The van der Waals surface area contributed by atoms with Gasteiger partial charge < -0.3 is 24.8 Å². The Labute approximate surface area is 218 Å². The van der Waals surface area contributed by atoms with Crippen molar-refractivity contribution < 1.29 is 23.4 Å². The highest BCUT2D eigenvalue weighted by Gasteiger charge is 2.18. The van der Waals surface area contributed by atoms with Crippen LogP contribution in [0.15, 0.2) is 48.8 Å². The number of carbonyl (C=O) groups is 1. The maximum absolute atomic E-state index is 13.6. The number of ether oxygens (including phenoxy) is 3. The van der Waals surface area contributed by atoms with Gasteiger partial charge >= 0.3 is 0 Å². The van der Waals surface area contributed by atoms with Crippen LogP contribution >= 0.6 is 11.6 Å². The summed E-state index contributed by atoms with van der Waals surface area (Å²) in [5, 5.41) is 6.68. The van der Waals surface area contributed by atoms with Gasteiger partial charge in [-0.1, -0.05) is 17.7 Å². The zero-order valence-corrected chi connectivity index (χ0v) is 20.8. The molecular weight excluding hydrogens is 501 g/mol. The first-order valence-corrected chi connectivity index (χ1v) is 12.5. The van der Waals surface area contributed by atoms with Crippen molar-refractivity contribution in [2.45, 2.75) is 12.5 Å². The number of nitrogens with one attached hydrogen (secondary N) is 2. The van der Waals surface area contributed by atoms with Crippen molar-refractivity contribution in [2.24, 2.45) is 0 Å². The third-order valence-corrected chi connectivity index (χ3v) is 6.36. The van der Waals surface area contributed by atoms with E-state index in [0.29, 0.717) is 53.7 Å². The van der Waals surface area contributed by atoms with E-state index in [4.69, 9.17) is 25.8 Å². The molecule has 194 valence electrons. The quantitative estimate of drug-likeness (QED) is 0.400. The van der Waals surface area contributed by atoms with E-state index in [1.165, 1.54) is 31.0 Å². The van der Waals surface area contributed by atoms with E-state index < -0.39 is 5.82 Å². The Hall–Kier alpha value is -3.31. The van der Waals surface area contributed by atoms with Crippen LogP contribution in [0.2, 0.25) is 5.02 Å². The van der Waals surface area contributed by atoms with Gasteiger partial charge in [0.1, 0.15) is 36.4 Å². The summed E-state index contributed by atoms with van der Waals surface area (Å²) in [5.41, 5.74) is 1.60. The number of hydrogen-bond donors (Lipinski definition) is 2. The lowest BCUT2D eigenvalue weighted by Crippen LogP contribution is -2.37. The van der Waals surface area contributed by atoms with Gasteiger partial charge in [-0.3, -0.25) is 9.69 Å². The molecule has 2 saturated heterocycles. The lowest BCUT2D eigenvalue weighted by atomic mass is 10.1. The predicted octanol–water partition coefficient (Wildman–Crippen LogP) is 4.16. The van der Waals surface area contributed by atoms with Crippen LogP contribution in [0.5, 0.6) is 5.75 Å². The van der Waals surface area contributed by atoms with Gasteiger partial charge in [-0.15, -0.1) is 0 Å². The molecule has 1 aromatic heterocycles. The monoisotopic (exact) mass is 527 g/mol. The van der Waals surface area contributed by atoms with Gasteiger partial charge in [0, 0.05) is 29.8 Å². The highest BCUT2D eigenvalue weighted by atomic mass is 35.5. The smallest absolute Gasteiger partial charge is 0.248 e. The number of hydrogen-bond acceptors (Lipinski definition) is 8. The topological polar surface area (TPSA) is 97.8 Å². The van der Waals surface area contributed by atoms with E-state index in [2.05, 4.69) is 25.5 Å². The van der Waals surface area contributed by atoms with Crippen molar-refractivity contribution in [3.63, 3.8) is 0 Å². The largest absolute Gasteiger partial charge is 0.489 e. The van der Waals surface area contributed by atoms with Crippen LogP contribution in [-0.4, -0.2) is 72.9 Å². The Morgan fingerprint density at radius 2 is 2.14 bits per heavy atom. The van der Waals surface area contributed by atoms with Crippen LogP contribution in [0.3, 0.4) is 0 Å². The molecule has 2 aliphatic heterocycles. The molecule has 0 aliphatic carbocycles. The number of fused-ring (bicyclic) bond motifs is 1. The second-order valence-corrected chi connectivity index (χ2v) is 9.17. The number of nitrogens with zero attached hydrogens (tertiary/aromatic N) is 3. The standard InChI is InChI=1S/C26H27ClFN5O4/c27-20-11-17(4-5-21(20)28)31-26-19-12-23(32-25(34)3-1-6-33-7-2-8-33)24(13-22(19)29-16-30-26)37-15-18-14-35-9-10-36-18/h1,3-5,11-13,16,18H,2,6-10,14-15H2,(H,32,34)(H,29,30,31)/b3-1+. The molecule has 1 unspecified atom stereocenters. The number of carbonyl (C=O) groups excluding carboxylic acids is 1. The summed E-state index contributed by atoms with van der Waals surface area (Å²) >= 11 is 5.93. The van der Waals surface area contributed by atoms with E-state index in [0.717, 1.165) is 19.6 Å². The number of rotatable bonds is 9. The normalized spacial score (nSPS) is 18.1. The molecule has 2 fully saturated rings. The van der Waals surface area contributed by atoms with Crippen molar-refractivity contribution in [3.8, 4) is 5.75 Å². The molecule has 2 aromatic carbocycles. The van der Waals surface area contributed by atoms with Crippen molar-refractivity contribution >= 4 is 45.6 Å². The van der Waals surface area contributed by atoms with Crippen LogP contribution in [0.4, 0.5) is 21.6 Å². The maximum Gasteiger partial charge on any atom is 0.248 e. The number of aromatic nitrogens is 2. The predicted molar refractivity (Wildman–Crippen MR) is 139 cm³/mol. The molecule has 0 saturated carbocycles. The third-order valence-electron chi connectivity index (χ3n) is 6.07. The fraction of sp³-hybridized carbons (Fsp3) is 0.346. The molecule has 11 heteroatoms. The molecule has 1 atom stereocenters. The van der Waals surface area contributed by atoms with Crippen LogP contribution in [0.25, 0.3) is 10.9 Å². The van der Waals surface area contributed by atoms with E-state index >= 15 is 0 Å². The van der Waals surface area contributed by atoms with Crippen LogP contribution in [-0.2, 0) is 14.3 Å². The van der Waals surface area contributed by atoms with Gasteiger partial charge in [0.05, 0.1) is 36.0 Å². The van der Waals surface area contributed by atoms with Crippen LogP contribution < -0.4 is 15.4 Å². The van der Waals surface area contributed by atoms with Crippen LogP contribution in [0, 0.1) is 5.82 Å². The molecule has 0 spiro atoms. The minimum Gasteiger partial charge on any atom is -0.489 e. The van der Waals surface area contributed by atoms with Crippen molar-refractivity contribution in [3.05, 3.63) is 59.7 Å². The van der Waals surface area contributed by atoms with Crippen molar-refractivity contribution in [1.82, 2.24) is 14.9 Å². The highest BCUT2D eigenvalue weighted by Crippen LogP contribution is 2.34. The Kier molecular flexibility index (Phi) is 8.10. The lowest BCUT2D eigenvalue weighted by molar-refractivity contribution is -0.112. The fourth-order valence-corrected chi connectivity index (χ4v) is 4.15. The minimum atomic E-state index is -0.513. The summed E-state index contributed by atoms with van der Waals surface area (Å²) in [7, 11) is 0. The molecule has 37 heavy (non-hydrogen) atoms. The van der Waals surface area contributed by atoms with Gasteiger partial charge in [-0.25, -0.2) is 14.4 Å². The number of benzene rings is 2. The van der Waals surface area contributed by atoms with E-state index in [-0.39, 0.29) is 23.6 Å². The summed E-state index contributed by atoms with van der Waals surface area (Å²) in [5.74, 6) is 0.118. The molecule has 3 heterocycles. The first kappa shape index (κ1) is 25.3. The Morgan fingerprint density at radius 1 is 1.24 bits per heavy atom. The Bertz CT molecular complexity index is 1300. The van der Waals surface area contributed by atoms with Gasteiger partial charge in [-0.2, -0.15) is 0 Å². The van der Waals surface area contributed by atoms with E-state index in [1.807, 2.05) is 6.08 Å². The highest BCUT2D eigenvalue weighted by molar-refractivity contribution is 6.31. The number of halogens is 2. The second kappa shape index (κ2) is 11.8. The second-order valence-electron chi connectivity index (χ2n) is 8.77. The summed E-state index contributed by atoms with van der Waals surface area (Å²) < 4.78 is 30.8. The first-order chi connectivity index (χ1) is 18.0. The summed E-state index contributed by atoms with van der Waals surface area (Å²) in [6, 6.07) is 7.79. The van der Waals surface area contributed by atoms with E-state index in [9.17, 15) is 9.18 Å². The van der Waals surface area contributed by atoms with E-state index in [1.54, 1.807) is 18.2 Å². The van der Waals surface area contributed by atoms with Crippen molar-refractivity contribution in [2.75, 3.05) is 56.7 Å². The zero-order valence-electron chi connectivity index (χ0n) is 20.1. The molecular formula is C26H27ClFN5O4. The molecule has 0 radical (unpaired) electrons. The Balaban J connectivity index is 1.41. The summed E-state index contributed by atoms with van der Waals surface area (Å²) in [6.07, 6.45) is 5.75. The van der Waals surface area contributed by atoms with Gasteiger partial charge in [-0.05, 0) is 43.8 Å². The molecule has 1 amide bonds. The Morgan fingerprint density at radius 3 is 2.89 bits per heavy atom. The molecule has 9 nitrogen and oxygen atoms in total. The molecule has 2 aliphatic rings. The summed E-state index contributed by atoms with van der Waals surface area (Å²) in [6.45, 7) is 4.59. The fourth-order valence-electron chi connectivity index (χ4n) is 3.97. The average Bonchev–Trinajstić information content (AvgIpc) is 2.87. The lowest BCUT2D eigenvalue weighted by Gasteiger charge is -2.29.